The summed E-state index contributed by atoms with van der Waals surface area (Å²) in [5.41, 5.74) is 2.40. The van der Waals surface area contributed by atoms with Crippen molar-refractivity contribution in [2.24, 2.45) is 0 Å². The zero-order valence-electron chi connectivity index (χ0n) is 25.3. The maximum absolute atomic E-state index is 12.5. The van der Waals surface area contributed by atoms with E-state index >= 15 is 0 Å². The number of piperidine rings is 1. The summed E-state index contributed by atoms with van der Waals surface area (Å²) in [6.07, 6.45) is 7.09. The molecule has 3 aromatic rings. The van der Waals surface area contributed by atoms with E-state index in [4.69, 9.17) is 33.2 Å². The van der Waals surface area contributed by atoms with Crippen molar-refractivity contribution in [3.05, 3.63) is 51.5 Å². The minimum atomic E-state index is -1.06. The Morgan fingerprint density at radius 2 is 1.30 bits per heavy atom. The zero-order valence-corrected chi connectivity index (χ0v) is 28.5. The molecule has 5 aliphatic rings. The van der Waals surface area contributed by atoms with Gasteiger partial charge in [0.1, 0.15) is 21.4 Å². The average Bonchev–Trinajstić information content (AvgIpc) is 3.95. The van der Waals surface area contributed by atoms with Gasteiger partial charge in [0.15, 0.2) is 0 Å². The lowest BCUT2D eigenvalue weighted by Gasteiger charge is -2.33. The summed E-state index contributed by atoms with van der Waals surface area (Å²) >= 11 is 11.9. The minimum Gasteiger partial charge on any atom is -0.394 e. The van der Waals surface area contributed by atoms with Crippen molar-refractivity contribution in [3.63, 3.8) is 0 Å². The van der Waals surface area contributed by atoms with Crippen LogP contribution in [0.25, 0.3) is 0 Å². The first-order valence-electron chi connectivity index (χ1n) is 15.7. The Balaban J connectivity index is 0.000000169. The number of hydrogen-bond donors (Lipinski definition) is 4. The van der Waals surface area contributed by atoms with E-state index < -0.39 is 21.6 Å². The standard InChI is InChI=1S/C21H25ClN4O2S.C10H12ClN3O2S/c22-16-3-1-14(2-4-16)15-5-10-26(11-6-15)20-23-17-7-12-29(28)18(17)19(24-20)25-21(13-27)8-9-21;11-9-12-6-1-4-17(16)7(6)8(13-9)14-10(5-15)2-3-10/h1-4,15,27H,5-13H2,(H,23,24,25);15H,1-5H2,(H,12,13,14). The van der Waals surface area contributed by atoms with Crippen LogP contribution in [0.2, 0.25) is 10.3 Å². The molecule has 3 aliphatic heterocycles. The van der Waals surface area contributed by atoms with Crippen LogP contribution < -0.4 is 15.5 Å². The maximum Gasteiger partial charge on any atom is 0.227 e. The fraction of sp³-hybridized carbons (Fsp3) is 0.548. The molecule has 15 heteroatoms. The number of nitrogens with zero attached hydrogens (tertiary/aromatic N) is 5. The summed E-state index contributed by atoms with van der Waals surface area (Å²) in [6, 6.07) is 8.16. The number of halogens is 2. The Kier molecular flexibility index (Phi) is 9.01. The summed E-state index contributed by atoms with van der Waals surface area (Å²) < 4.78 is 24.4. The van der Waals surface area contributed by atoms with Crippen LogP contribution in [0.4, 0.5) is 17.6 Å². The van der Waals surface area contributed by atoms with Crippen LogP contribution in [-0.2, 0) is 34.4 Å². The number of anilines is 3. The molecular weight excluding hydrogens is 669 g/mol. The number of aliphatic hydroxyl groups is 2. The monoisotopic (exact) mass is 705 g/mol. The quantitative estimate of drug-likeness (QED) is 0.253. The molecule has 0 spiro atoms. The van der Waals surface area contributed by atoms with Gasteiger partial charge < -0.3 is 25.7 Å². The first-order valence-corrected chi connectivity index (χ1v) is 19.1. The van der Waals surface area contributed by atoms with Crippen molar-refractivity contribution in [2.45, 2.75) is 78.2 Å². The van der Waals surface area contributed by atoms with E-state index in [1.807, 2.05) is 12.1 Å². The largest absolute Gasteiger partial charge is 0.394 e. The highest BCUT2D eigenvalue weighted by molar-refractivity contribution is 7.85. The van der Waals surface area contributed by atoms with Crippen LogP contribution in [0.5, 0.6) is 0 Å². The molecule has 3 fully saturated rings. The summed E-state index contributed by atoms with van der Waals surface area (Å²) in [4.78, 5) is 21.4. The maximum atomic E-state index is 12.5. The minimum absolute atomic E-state index is 0.0516. The highest BCUT2D eigenvalue weighted by atomic mass is 35.5. The van der Waals surface area contributed by atoms with E-state index in [9.17, 15) is 18.6 Å². The van der Waals surface area contributed by atoms with Crippen molar-refractivity contribution in [3.8, 4) is 0 Å². The number of fused-ring (bicyclic) bond motifs is 2. The number of benzene rings is 1. The molecule has 46 heavy (non-hydrogen) atoms. The molecule has 2 aliphatic carbocycles. The summed E-state index contributed by atoms with van der Waals surface area (Å²) in [6.45, 7) is 1.90. The zero-order chi connectivity index (χ0) is 32.1. The number of nitrogens with one attached hydrogen (secondary N) is 2. The van der Waals surface area contributed by atoms with Gasteiger partial charge in [-0.3, -0.25) is 8.42 Å². The Morgan fingerprint density at radius 1 is 0.783 bits per heavy atom. The predicted molar refractivity (Wildman–Crippen MR) is 180 cm³/mol. The molecule has 246 valence electrons. The lowest BCUT2D eigenvalue weighted by molar-refractivity contribution is 0.265. The molecule has 0 amide bonds. The van der Waals surface area contributed by atoms with Crippen LogP contribution in [0.3, 0.4) is 0 Å². The molecular formula is C31H37Cl2N7O4S2. The number of aliphatic hydroxyl groups excluding tert-OH is 2. The molecule has 2 aromatic heterocycles. The molecule has 2 saturated carbocycles. The van der Waals surface area contributed by atoms with Crippen LogP contribution in [0.1, 0.15) is 61.4 Å². The summed E-state index contributed by atoms with van der Waals surface area (Å²) in [5, 5.41) is 26.5. The highest BCUT2D eigenvalue weighted by Crippen LogP contribution is 2.42. The van der Waals surface area contributed by atoms with Crippen molar-refractivity contribution >= 4 is 62.4 Å². The van der Waals surface area contributed by atoms with Gasteiger partial charge in [-0.15, -0.1) is 0 Å². The van der Waals surface area contributed by atoms with Crippen molar-refractivity contribution in [2.75, 3.05) is 53.3 Å². The van der Waals surface area contributed by atoms with Gasteiger partial charge in [-0.25, -0.2) is 9.97 Å². The summed E-state index contributed by atoms with van der Waals surface area (Å²) in [7, 11) is -2.12. The first-order chi connectivity index (χ1) is 22.2. The van der Waals surface area contributed by atoms with Crippen LogP contribution in [0, 0.1) is 0 Å². The van der Waals surface area contributed by atoms with Crippen LogP contribution >= 0.6 is 23.2 Å². The molecule has 8 rings (SSSR count). The Labute approximate surface area is 282 Å². The molecule has 1 aromatic carbocycles. The third-order valence-electron chi connectivity index (χ3n) is 9.54. The lowest BCUT2D eigenvalue weighted by atomic mass is 9.89. The smallest absolute Gasteiger partial charge is 0.227 e. The molecule has 11 nitrogen and oxygen atoms in total. The van der Waals surface area contributed by atoms with Gasteiger partial charge in [0, 0.05) is 42.5 Å². The Hall–Kier alpha value is -2.42. The predicted octanol–water partition coefficient (Wildman–Crippen LogP) is 3.85. The second-order valence-electron chi connectivity index (χ2n) is 12.8. The molecule has 4 N–H and O–H groups in total. The van der Waals surface area contributed by atoms with Crippen LogP contribution in [-0.4, -0.2) is 87.5 Å². The molecule has 2 atom stereocenters. The second kappa shape index (κ2) is 12.9. The Bertz CT molecular complexity index is 1680. The second-order valence-corrected chi connectivity index (χ2v) is 16.6. The third-order valence-corrected chi connectivity index (χ3v) is 12.9. The first kappa shape index (κ1) is 32.1. The number of hydrogen-bond acceptors (Lipinski definition) is 11. The van der Waals surface area contributed by atoms with Crippen LogP contribution in [0.15, 0.2) is 34.1 Å². The molecule has 5 heterocycles. The van der Waals surface area contributed by atoms with E-state index in [-0.39, 0.29) is 29.6 Å². The van der Waals surface area contributed by atoms with Gasteiger partial charge in [-0.05, 0) is 73.7 Å². The molecule has 0 radical (unpaired) electrons. The van der Waals surface area contributed by atoms with E-state index in [0.717, 1.165) is 79.3 Å². The van der Waals surface area contributed by atoms with Crippen molar-refractivity contribution < 1.29 is 18.6 Å². The number of rotatable bonds is 8. The SMILES string of the molecule is O=S1CCc2nc(Cl)nc(NC3(CO)CC3)c21.O=S1CCc2nc(N3CCC(c4ccc(Cl)cc4)CC3)nc(NC3(CO)CC3)c21. The average molecular weight is 707 g/mol. The Morgan fingerprint density at radius 3 is 1.83 bits per heavy atom. The van der Waals surface area contributed by atoms with E-state index in [1.54, 1.807) is 0 Å². The van der Waals surface area contributed by atoms with Gasteiger partial charge in [-0.2, -0.15) is 9.97 Å². The van der Waals surface area contributed by atoms with Crippen molar-refractivity contribution in [1.82, 2.24) is 19.9 Å². The van der Waals surface area contributed by atoms with Gasteiger partial charge in [0.25, 0.3) is 0 Å². The summed E-state index contributed by atoms with van der Waals surface area (Å²) in [5.74, 6) is 3.60. The van der Waals surface area contributed by atoms with E-state index in [2.05, 4.69) is 37.6 Å². The third kappa shape index (κ3) is 6.64. The molecule has 1 saturated heterocycles. The van der Waals surface area contributed by atoms with Gasteiger partial charge in [-0.1, -0.05) is 23.7 Å². The van der Waals surface area contributed by atoms with Gasteiger partial charge in [0.2, 0.25) is 11.2 Å². The highest BCUT2D eigenvalue weighted by Gasteiger charge is 2.45. The van der Waals surface area contributed by atoms with Gasteiger partial charge in [0.05, 0.1) is 57.3 Å². The van der Waals surface area contributed by atoms with E-state index in [1.165, 1.54) is 5.56 Å². The lowest BCUT2D eigenvalue weighted by Crippen LogP contribution is -2.35. The topological polar surface area (TPSA) is 153 Å². The number of aryl methyl sites for hydroxylation is 2. The molecule has 2 unspecified atom stereocenters. The normalized spacial score (nSPS) is 23.6. The van der Waals surface area contributed by atoms with Gasteiger partial charge >= 0.3 is 0 Å². The fourth-order valence-electron chi connectivity index (χ4n) is 6.26. The number of aromatic nitrogens is 4. The fourth-order valence-corrected chi connectivity index (χ4v) is 9.18. The van der Waals surface area contributed by atoms with Crippen molar-refractivity contribution in [1.29, 1.82) is 0 Å². The molecule has 0 bridgehead atoms. The van der Waals surface area contributed by atoms with E-state index in [0.29, 0.717) is 46.3 Å².